The molecule has 1 aliphatic rings. The molecular formula is C12H13F3N4. The van der Waals surface area contributed by atoms with E-state index < -0.39 is 11.7 Å². The predicted molar refractivity (Wildman–Crippen MR) is 62.8 cm³/mol. The van der Waals surface area contributed by atoms with Crippen LogP contribution in [0.4, 0.5) is 13.2 Å². The summed E-state index contributed by atoms with van der Waals surface area (Å²) in [6.45, 7) is 1.68. The van der Waals surface area contributed by atoms with Crippen molar-refractivity contribution in [2.45, 2.75) is 24.9 Å². The quantitative estimate of drug-likeness (QED) is 0.864. The van der Waals surface area contributed by atoms with Gasteiger partial charge in [-0.1, -0.05) is 0 Å². The van der Waals surface area contributed by atoms with E-state index in [1.54, 1.807) is 0 Å². The number of halogens is 3. The topological polar surface area (TPSA) is 42.2 Å². The summed E-state index contributed by atoms with van der Waals surface area (Å²) in [6, 6.07) is 2.39. The van der Waals surface area contributed by atoms with Gasteiger partial charge >= 0.3 is 6.18 Å². The molecule has 2 aromatic heterocycles. The van der Waals surface area contributed by atoms with Gasteiger partial charge < -0.3 is 5.32 Å². The zero-order valence-electron chi connectivity index (χ0n) is 10.1. The second kappa shape index (κ2) is 4.48. The molecule has 1 saturated heterocycles. The molecule has 3 rings (SSSR count). The molecule has 0 bridgehead atoms. The van der Waals surface area contributed by atoms with E-state index in [0.29, 0.717) is 11.5 Å². The molecule has 1 atom stereocenters. The van der Waals surface area contributed by atoms with Crippen LogP contribution in [0.2, 0.25) is 0 Å². The molecule has 0 radical (unpaired) electrons. The number of rotatable bonds is 1. The SMILES string of the molecule is FC(F)(F)c1ccc2nnc([C@@H]3CCCNC3)n2c1. The summed E-state index contributed by atoms with van der Waals surface area (Å²) in [5.74, 6) is 0.723. The van der Waals surface area contributed by atoms with E-state index in [0.717, 1.165) is 38.2 Å². The number of hydrogen-bond donors (Lipinski definition) is 1. The number of fused-ring (bicyclic) bond motifs is 1. The summed E-state index contributed by atoms with van der Waals surface area (Å²) in [6.07, 6.45) is -1.34. The monoisotopic (exact) mass is 270 g/mol. The van der Waals surface area contributed by atoms with Gasteiger partial charge in [-0.25, -0.2) is 0 Å². The van der Waals surface area contributed by atoms with Gasteiger partial charge in [0.15, 0.2) is 5.65 Å². The molecule has 3 heterocycles. The second-order valence-corrected chi connectivity index (χ2v) is 4.75. The van der Waals surface area contributed by atoms with Crippen LogP contribution in [-0.2, 0) is 6.18 Å². The summed E-state index contributed by atoms with van der Waals surface area (Å²) in [4.78, 5) is 0. The smallest absolute Gasteiger partial charge is 0.316 e. The van der Waals surface area contributed by atoms with Crippen LogP contribution in [-0.4, -0.2) is 27.7 Å². The lowest BCUT2D eigenvalue weighted by Gasteiger charge is -2.21. The van der Waals surface area contributed by atoms with E-state index in [2.05, 4.69) is 15.5 Å². The number of alkyl halides is 3. The number of hydrogen-bond acceptors (Lipinski definition) is 3. The van der Waals surface area contributed by atoms with E-state index in [9.17, 15) is 13.2 Å². The first-order valence-electron chi connectivity index (χ1n) is 6.18. The molecule has 102 valence electrons. The maximum Gasteiger partial charge on any atom is 0.417 e. The van der Waals surface area contributed by atoms with Crippen molar-refractivity contribution in [1.82, 2.24) is 19.9 Å². The second-order valence-electron chi connectivity index (χ2n) is 4.75. The Kier molecular flexibility index (Phi) is 2.93. The van der Waals surface area contributed by atoms with Gasteiger partial charge in [-0.2, -0.15) is 13.2 Å². The minimum atomic E-state index is -4.35. The molecule has 7 heteroatoms. The van der Waals surface area contributed by atoms with E-state index in [1.807, 2.05) is 0 Å². The van der Waals surface area contributed by atoms with Crippen LogP contribution >= 0.6 is 0 Å². The number of aromatic nitrogens is 3. The van der Waals surface area contributed by atoms with Crippen molar-refractivity contribution >= 4 is 5.65 Å². The van der Waals surface area contributed by atoms with Gasteiger partial charge in [-0.3, -0.25) is 4.40 Å². The van der Waals surface area contributed by atoms with Gasteiger partial charge in [-0.05, 0) is 31.5 Å². The molecule has 1 aliphatic heterocycles. The van der Waals surface area contributed by atoms with Gasteiger partial charge in [-0.15, -0.1) is 10.2 Å². The van der Waals surface area contributed by atoms with Crippen molar-refractivity contribution in [2.75, 3.05) is 13.1 Å². The van der Waals surface area contributed by atoms with Crippen LogP contribution in [0.15, 0.2) is 18.3 Å². The lowest BCUT2D eigenvalue weighted by Crippen LogP contribution is -2.29. The highest BCUT2D eigenvalue weighted by atomic mass is 19.4. The zero-order valence-corrected chi connectivity index (χ0v) is 10.1. The Labute approximate surface area is 107 Å². The summed E-state index contributed by atoms with van der Waals surface area (Å²) < 4.78 is 39.6. The highest BCUT2D eigenvalue weighted by Gasteiger charge is 2.31. The average molecular weight is 270 g/mol. The fourth-order valence-electron chi connectivity index (χ4n) is 2.43. The summed E-state index contributed by atoms with van der Waals surface area (Å²) >= 11 is 0. The lowest BCUT2D eigenvalue weighted by atomic mass is 9.99. The Morgan fingerprint density at radius 1 is 1.26 bits per heavy atom. The molecule has 0 spiro atoms. The molecule has 0 unspecified atom stereocenters. The van der Waals surface area contributed by atoms with Crippen molar-refractivity contribution in [2.24, 2.45) is 0 Å². The van der Waals surface area contributed by atoms with Crippen LogP contribution in [0, 0.1) is 0 Å². The van der Waals surface area contributed by atoms with Gasteiger partial charge in [0.25, 0.3) is 0 Å². The Hall–Kier alpha value is -1.63. The first-order valence-corrected chi connectivity index (χ1v) is 6.18. The summed E-state index contributed by atoms with van der Waals surface area (Å²) in [5.41, 5.74) is -0.224. The molecule has 0 aromatic carbocycles. The van der Waals surface area contributed by atoms with Crippen molar-refractivity contribution in [1.29, 1.82) is 0 Å². The maximum atomic E-state index is 12.7. The van der Waals surface area contributed by atoms with Gasteiger partial charge in [0.2, 0.25) is 0 Å². The molecule has 19 heavy (non-hydrogen) atoms. The van der Waals surface area contributed by atoms with Gasteiger partial charge in [0.05, 0.1) is 5.56 Å². The number of pyridine rings is 1. The highest BCUT2D eigenvalue weighted by Crippen LogP contribution is 2.30. The summed E-state index contributed by atoms with van der Waals surface area (Å²) in [7, 11) is 0. The highest BCUT2D eigenvalue weighted by molar-refractivity contribution is 5.40. The number of nitrogens with zero attached hydrogens (tertiary/aromatic N) is 3. The summed E-state index contributed by atoms with van der Waals surface area (Å²) in [5, 5.41) is 11.2. The first kappa shape index (κ1) is 12.4. The Morgan fingerprint density at radius 3 is 2.79 bits per heavy atom. The minimum Gasteiger partial charge on any atom is -0.316 e. The molecule has 1 fully saturated rings. The number of nitrogens with one attached hydrogen (secondary N) is 1. The molecule has 0 saturated carbocycles. The van der Waals surface area contributed by atoms with E-state index in [-0.39, 0.29) is 5.92 Å². The van der Waals surface area contributed by atoms with E-state index in [4.69, 9.17) is 0 Å². The fourth-order valence-corrected chi connectivity index (χ4v) is 2.43. The van der Waals surface area contributed by atoms with Crippen LogP contribution in [0.5, 0.6) is 0 Å². The molecule has 0 amide bonds. The zero-order chi connectivity index (χ0) is 13.5. The molecular weight excluding hydrogens is 257 g/mol. The third-order valence-corrected chi connectivity index (χ3v) is 3.42. The fraction of sp³-hybridized carbons (Fsp3) is 0.500. The predicted octanol–water partition coefficient (Wildman–Crippen LogP) is 2.22. The van der Waals surface area contributed by atoms with Crippen LogP contribution in [0.3, 0.4) is 0 Å². The standard InChI is InChI=1S/C12H13F3N4/c13-12(14,15)9-3-4-10-17-18-11(19(10)7-9)8-2-1-5-16-6-8/h3-4,7-8,16H,1-2,5-6H2/t8-/m1/s1. The van der Waals surface area contributed by atoms with Gasteiger partial charge in [0.1, 0.15) is 5.82 Å². The Balaban J connectivity index is 2.05. The Morgan fingerprint density at radius 2 is 2.11 bits per heavy atom. The van der Waals surface area contributed by atoms with Crippen LogP contribution in [0.1, 0.15) is 30.1 Å². The lowest BCUT2D eigenvalue weighted by molar-refractivity contribution is -0.137. The van der Waals surface area contributed by atoms with Crippen molar-refractivity contribution in [3.63, 3.8) is 0 Å². The van der Waals surface area contributed by atoms with E-state index in [1.165, 1.54) is 10.5 Å². The van der Waals surface area contributed by atoms with E-state index >= 15 is 0 Å². The molecule has 1 N–H and O–H groups in total. The van der Waals surface area contributed by atoms with Crippen molar-refractivity contribution in [3.05, 3.63) is 29.7 Å². The van der Waals surface area contributed by atoms with Gasteiger partial charge in [0, 0.05) is 18.7 Å². The Bertz CT molecular complexity index is 584. The van der Waals surface area contributed by atoms with Crippen LogP contribution in [0.25, 0.3) is 5.65 Å². The molecule has 4 nitrogen and oxygen atoms in total. The minimum absolute atomic E-state index is 0.118. The molecule has 0 aliphatic carbocycles. The normalized spacial score (nSPS) is 20.9. The first-order chi connectivity index (χ1) is 9.05. The maximum absolute atomic E-state index is 12.7. The molecule has 2 aromatic rings. The van der Waals surface area contributed by atoms with Crippen molar-refractivity contribution in [3.8, 4) is 0 Å². The van der Waals surface area contributed by atoms with Crippen molar-refractivity contribution < 1.29 is 13.2 Å². The number of piperidine rings is 1. The third-order valence-electron chi connectivity index (χ3n) is 3.42. The van der Waals surface area contributed by atoms with Crippen LogP contribution < -0.4 is 5.32 Å². The average Bonchev–Trinajstić information content (AvgIpc) is 2.81. The largest absolute Gasteiger partial charge is 0.417 e. The third kappa shape index (κ3) is 2.30.